The number of hydrogen-bond donors (Lipinski definition) is 1. The first-order chi connectivity index (χ1) is 11.6. The average molecular weight is 404 g/mol. The Bertz CT molecular complexity index is 899. The predicted octanol–water partition coefficient (Wildman–Crippen LogP) is 4.38. The fourth-order valence-corrected chi connectivity index (χ4v) is 3.06. The lowest BCUT2D eigenvalue weighted by molar-refractivity contribution is -0.387. The molecule has 0 saturated heterocycles. The monoisotopic (exact) mass is 403 g/mol. The minimum absolute atomic E-state index is 0.00501. The molecule has 1 N–H and O–H groups in total. The summed E-state index contributed by atoms with van der Waals surface area (Å²) in [4.78, 5) is 19.7. The van der Waals surface area contributed by atoms with Crippen LogP contribution < -0.4 is 0 Å². The number of aliphatic imine (C=N–C) groups is 1. The summed E-state index contributed by atoms with van der Waals surface area (Å²) < 4.78 is 0.918. The number of benzene rings is 2. The summed E-state index contributed by atoms with van der Waals surface area (Å²) in [6, 6.07) is 12.4. The molecule has 1 aromatic heterocycles. The van der Waals surface area contributed by atoms with Crippen LogP contribution in [0.5, 0.6) is 0 Å². The third-order valence-electron chi connectivity index (χ3n) is 2.95. The Morgan fingerprint density at radius 2 is 2.17 bits per heavy atom. The second-order valence-electron chi connectivity index (χ2n) is 4.62. The summed E-state index contributed by atoms with van der Waals surface area (Å²) in [5, 5.41) is 18.2. The summed E-state index contributed by atoms with van der Waals surface area (Å²) in [5.41, 5.74) is 1.39. The van der Waals surface area contributed by atoms with Crippen molar-refractivity contribution < 1.29 is 4.92 Å². The second kappa shape index (κ2) is 7.37. The number of nitrogens with zero attached hydrogens (tertiary/aromatic N) is 4. The van der Waals surface area contributed by atoms with Gasteiger partial charge in [-0.3, -0.25) is 20.2 Å². The van der Waals surface area contributed by atoms with E-state index < -0.39 is 4.92 Å². The zero-order valence-corrected chi connectivity index (χ0v) is 14.5. The molecule has 1 heterocycles. The van der Waals surface area contributed by atoms with Gasteiger partial charge in [0.25, 0.3) is 5.69 Å². The van der Waals surface area contributed by atoms with Crippen LogP contribution in [-0.2, 0) is 0 Å². The van der Waals surface area contributed by atoms with Gasteiger partial charge in [-0.2, -0.15) is 5.10 Å². The van der Waals surface area contributed by atoms with E-state index in [1.165, 1.54) is 12.4 Å². The topological polar surface area (TPSA) is 97.1 Å². The van der Waals surface area contributed by atoms with Gasteiger partial charge < -0.3 is 0 Å². The van der Waals surface area contributed by atoms with Gasteiger partial charge in [0, 0.05) is 16.8 Å². The van der Waals surface area contributed by atoms with Crippen molar-refractivity contribution in [2.24, 2.45) is 4.99 Å². The lowest BCUT2D eigenvalue weighted by atomic mass is 10.2. The predicted molar refractivity (Wildman–Crippen MR) is 95.0 cm³/mol. The fourth-order valence-electron chi connectivity index (χ4n) is 1.90. The van der Waals surface area contributed by atoms with Crippen LogP contribution in [0, 0.1) is 10.1 Å². The smallest absolute Gasteiger partial charge is 0.258 e. The van der Waals surface area contributed by atoms with Gasteiger partial charge in [0.2, 0.25) is 0 Å². The minimum Gasteiger partial charge on any atom is -0.258 e. The number of rotatable bonds is 5. The molecule has 2 aromatic carbocycles. The standard InChI is InChI=1S/C15H10BrN5O2S/c16-11-2-1-3-12(7-11)17-8-10-4-5-14(13(6-10)21(22)23)24-15-18-9-19-20-15/h1-9H,(H,18,19,20). The SMILES string of the molecule is O=[N+]([O-])c1cc(C=Nc2cccc(Br)c2)ccc1Sc1ncn[nH]1. The van der Waals surface area contributed by atoms with Crippen LogP contribution in [0.3, 0.4) is 0 Å². The fraction of sp³-hybridized carbons (Fsp3) is 0. The molecular formula is C15H10BrN5O2S. The maximum atomic E-state index is 11.3. The quantitative estimate of drug-likeness (QED) is 0.387. The first-order valence-electron chi connectivity index (χ1n) is 6.73. The first kappa shape index (κ1) is 16.3. The molecule has 0 bridgehead atoms. The van der Waals surface area contributed by atoms with Gasteiger partial charge in [0.1, 0.15) is 6.33 Å². The van der Waals surface area contributed by atoms with Crippen molar-refractivity contribution in [1.29, 1.82) is 0 Å². The zero-order chi connectivity index (χ0) is 16.9. The van der Waals surface area contributed by atoms with Crippen molar-refractivity contribution in [2.45, 2.75) is 10.1 Å². The summed E-state index contributed by atoms with van der Waals surface area (Å²) in [7, 11) is 0. The van der Waals surface area contributed by atoms with Gasteiger partial charge in [0.05, 0.1) is 15.5 Å². The number of halogens is 1. The Morgan fingerprint density at radius 1 is 1.29 bits per heavy atom. The molecule has 0 saturated carbocycles. The number of nitro benzene ring substituents is 1. The number of H-pyrrole nitrogens is 1. The zero-order valence-electron chi connectivity index (χ0n) is 12.1. The minimum atomic E-state index is -0.421. The Morgan fingerprint density at radius 3 is 2.88 bits per heavy atom. The highest BCUT2D eigenvalue weighted by atomic mass is 79.9. The van der Waals surface area contributed by atoms with E-state index in [4.69, 9.17) is 0 Å². The molecule has 24 heavy (non-hydrogen) atoms. The maximum absolute atomic E-state index is 11.3. The van der Waals surface area contributed by atoms with Crippen molar-refractivity contribution in [3.8, 4) is 0 Å². The van der Waals surface area contributed by atoms with Crippen molar-refractivity contribution in [1.82, 2.24) is 15.2 Å². The van der Waals surface area contributed by atoms with Crippen LogP contribution in [0.1, 0.15) is 5.56 Å². The summed E-state index contributed by atoms with van der Waals surface area (Å²) >= 11 is 4.53. The molecule has 0 fully saturated rings. The van der Waals surface area contributed by atoms with Crippen LogP contribution >= 0.6 is 27.7 Å². The third kappa shape index (κ3) is 4.06. The van der Waals surface area contributed by atoms with E-state index in [9.17, 15) is 10.1 Å². The molecule has 9 heteroatoms. The van der Waals surface area contributed by atoms with Crippen molar-refractivity contribution >= 4 is 45.3 Å². The molecule has 0 spiro atoms. The van der Waals surface area contributed by atoms with E-state index >= 15 is 0 Å². The summed E-state index contributed by atoms with van der Waals surface area (Å²) in [6.45, 7) is 0. The van der Waals surface area contributed by atoms with E-state index in [-0.39, 0.29) is 5.69 Å². The molecule has 3 aromatic rings. The second-order valence-corrected chi connectivity index (χ2v) is 6.56. The van der Waals surface area contributed by atoms with Gasteiger partial charge >= 0.3 is 0 Å². The molecule has 0 aliphatic heterocycles. The van der Waals surface area contributed by atoms with E-state index in [0.29, 0.717) is 15.6 Å². The molecule has 0 amide bonds. The van der Waals surface area contributed by atoms with Crippen molar-refractivity contribution in [3.05, 3.63) is 68.9 Å². The highest BCUT2D eigenvalue weighted by Crippen LogP contribution is 2.33. The van der Waals surface area contributed by atoms with E-state index in [0.717, 1.165) is 21.9 Å². The molecule has 0 unspecified atom stereocenters. The Balaban J connectivity index is 1.87. The Hall–Kier alpha value is -2.52. The molecule has 0 aliphatic carbocycles. The van der Waals surface area contributed by atoms with E-state index in [2.05, 4.69) is 36.1 Å². The average Bonchev–Trinajstić information content (AvgIpc) is 3.07. The Kier molecular flexibility index (Phi) is 5.02. The molecule has 7 nitrogen and oxygen atoms in total. The number of hydrogen-bond acceptors (Lipinski definition) is 6. The van der Waals surface area contributed by atoms with Crippen LogP contribution in [0.15, 0.2) is 68.3 Å². The normalized spacial score (nSPS) is 11.0. The van der Waals surface area contributed by atoms with Crippen LogP contribution in [0.2, 0.25) is 0 Å². The summed E-state index contributed by atoms with van der Waals surface area (Å²) in [5.74, 6) is 0. The summed E-state index contributed by atoms with van der Waals surface area (Å²) in [6.07, 6.45) is 2.95. The molecule has 3 rings (SSSR count). The highest BCUT2D eigenvalue weighted by Gasteiger charge is 2.16. The largest absolute Gasteiger partial charge is 0.283 e. The van der Waals surface area contributed by atoms with Crippen LogP contribution in [-0.4, -0.2) is 26.3 Å². The molecule has 120 valence electrons. The molecule has 0 atom stereocenters. The van der Waals surface area contributed by atoms with Gasteiger partial charge in [-0.1, -0.05) is 28.1 Å². The highest BCUT2D eigenvalue weighted by molar-refractivity contribution is 9.10. The van der Waals surface area contributed by atoms with Crippen molar-refractivity contribution in [2.75, 3.05) is 0 Å². The molecule has 0 aliphatic rings. The van der Waals surface area contributed by atoms with Gasteiger partial charge in [-0.15, -0.1) is 0 Å². The molecule has 0 radical (unpaired) electrons. The molecular weight excluding hydrogens is 394 g/mol. The Labute approximate surface area is 149 Å². The van der Waals surface area contributed by atoms with E-state index in [1.54, 1.807) is 18.3 Å². The lowest BCUT2D eigenvalue weighted by Gasteiger charge is -2.02. The van der Waals surface area contributed by atoms with Crippen LogP contribution in [0.4, 0.5) is 11.4 Å². The first-order valence-corrected chi connectivity index (χ1v) is 8.34. The third-order valence-corrected chi connectivity index (χ3v) is 4.40. The van der Waals surface area contributed by atoms with Crippen LogP contribution in [0.25, 0.3) is 0 Å². The van der Waals surface area contributed by atoms with Gasteiger partial charge in [-0.05, 0) is 41.6 Å². The number of nitrogens with one attached hydrogen (secondary N) is 1. The lowest BCUT2D eigenvalue weighted by Crippen LogP contribution is -1.93. The van der Waals surface area contributed by atoms with E-state index in [1.807, 2.05) is 24.3 Å². The number of aromatic nitrogens is 3. The number of aromatic amines is 1. The number of nitro groups is 1. The maximum Gasteiger partial charge on any atom is 0.283 e. The van der Waals surface area contributed by atoms with Crippen molar-refractivity contribution in [3.63, 3.8) is 0 Å². The van der Waals surface area contributed by atoms with Gasteiger partial charge in [-0.25, -0.2) is 4.98 Å². The van der Waals surface area contributed by atoms with Gasteiger partial charge in [0.15, 0.2) is 5.16 Å².